The number of benzene rings is 2. The van der Waals surface area contributed by atoms with Gasteiger partial charge in [0.1, 0.15) is 11.5 Å². The minimum atomic E-state index is -0.384. The summed E-state index contributed by atoms with van der Waals surface area (Å²) in [4.78, 5) is 17.0. The Labute approximate surface area is 193 Å². The van der Waals surface area contributed by atoms with Crippen molar-refractivity contribution in [2.45, 2.75) is 0 Å². The van der Waals surface area contributed by atoms with Crippen molar-refractivity contribution in [3.8, 4) is 22.8 Å². The van der Waals surface area contributed by atoms with E-state index in [2.05, 4.69) is 37.7 Å². The summed E-state index contributed by atoms with van der Waals surface area (Å²) in [6, 6.07) is 16.3. The van der Waals surface area contributed by atoms with Crippen molar-refractivity contribution >= 4 is 23.2 Å². The Bertz CT molecular complexity index is 1080. The number of nitrogens with zero attached hydrogens (tertiary/aromatic N) is 4. The molecule has 0 atom stereocenters. The van der Waals surface area contributed by atoms with Crippen LogP contribution in [0.15, 0.2) is 54.6 Å². The summed E-state index contributed by atoms with van der Waals surface area (Å²) in [6.45, 7) is 3.95. The molecule has 2 heterocycles. The molecule has 172 valence electrons. The number of methoxy groups -OCH3 is 2. The van der Waals surface area contributed by atoms with E-state index in [1.165, 1.54) is 0 Å². The van der Waals surface area contributed by atoms with E-state index in [0.717, 1.165) is 43.3 Å². The monoisotopic (exact) mass is 448 g/mol. The molecule has 2 aromatic carbocycles. The zero-order valence-electron chi connectivity index (χ0n) is 19.0. The maximum atomic E-state index is 12.5. The highest BCUT2D eigenvalue weighted by molar-refractivity contribution is 6.00. The first kappa shape index (κ1) is 22.3. The molecular weight excluding hydrogens is 420 g/mol. The minimum Gasteiger partial charge on any atom is -0.497 e. The molecule has 4 rings (SSSR count). The molecule has 1 aromatic heterocycles. The van der Waals surface area contributed by atoms with Gasteiger partial charge < -0.3 is 29.9 Å². The van der Waals surface area contributed by atoms with Crippen molar-refractivity contribution in [3.63, 3.8) is 0 Å². The Morgan fingerprint density at radius 1 is 0.879 bits per heavy atom. The van der Waals surface area contributed by atoms with E-state index in [9.17, 15) is 4.79 Å². The Morgan fingerprint density at radius 2 is 1.64 bits per heavy atom. The van der Waals surface area contributed by atoms with Crippen molar-refractivity contribution in [2.75, 3.05) is 63.0 Å². The number of likely N-dealkylation sites (N-methyl/N-ethyl adjacent to an activating group) is 1. The fourth-order valence-corrected chi connectivity index (χ4v) is 3.60. The van der Waals surface area contributed by atoms with E-state index in [4.69, 9.17) is 9.47 Å². The summed E-state index contributed by atoms with van der Waals surface area (Å²) in [7, 11) is 5.24. The first-order chi connectivity index (χ1) is 16.1. The number of aromatic nitrogens is 2. The van der Waals surface area contributed by atoms with Gasteiger partial charge in [0.05, 0.1) is 25.6 Å². The SMILES string of the molecule is COc1ccc(OC)c(NC(=O)Nc2ccc(-c3ccc(N4CCN(C)CC4)nn3)cc2)c1. The maximum absolute atomic E-state index is 12.5. The van der Waals surface area contributed by atoms with Crippen molar-refractivity contribution in [3.05, 3.63) is 54.6 Å². The quantitative estimate of drug-likeness (QED) is 0.596. The number of hydrogen-bond acceptors (Lipinski definition) is 7. The standard InChI is InChI=1S/C24H28N6O3/c1-29-12-14-30(15-13-29)23-11-9-20(27-28-23)17-4-6-18(7-5-17)25-24(31)26-21-16-19(32-2)8-10-22(21)33-3/h4-11,16H,12-15H2,1-3H3,(H2,25,26,31). The van der Waals surface area contributed by atoms with Crippen LogP contribution in [0.5, 0.6) is 11.5 Å². The fraction of sp³-hybridized carbons (Fsp3) is 0.292. The Morgan fingerprint density at radius 3 is 2.27 bits per heavy atom. The van der Waals surface area contributed by atoms with Crippen LogP contribution in [0.3, 0.4) is 0 Å². The first-order valence-electron chi connectivity index (χ1n) is 10.7. The molecule has 0 aliphatic carbocycles. The van der Waals surface area contributed by atoms with Gasteiger partial charge in [-0.3, -0.25) is 0 Å². The van der Waals surface area contributed by atoms with Crippen molar-refractivity contribution in [2.24, 2.45) is 0 Å². The number of urea groups is 1. The second kappa shape index (κ2) is 10.2. The lowest BCUT2D eigenvalue weighted by Crippen LogP contribution is -2.44. The third kappa shape index (κ3) is 5.50. The second-order valence-electron chi connectivity index (χ2n) is 7.79. The molecule has 0 saturated carbocycles. The topological polar surface area (TPSA) is 91.9 Å². The van der Waals surface area contributed by atoms with Gasteiger partial charge in [0.25, 0.3) is 0 Å². The number of rotatable bonds is 6. The average Bonchev–Trinajstić information content (AvgIpc) is 2.85. The average molecular weight is 449 g/mol. The van der Waals surface area contributed by atoms with Gasteiger partial charge in [0.2, 0.25) is 0 Å². The summed E-state index contributed by atoms with van der Waals surface area (Å²) in [5, 5.41) is 14.4. The molecular formula is C24H28N6O3. The van der Waals surface area contributed by atoms with Crippen LogP contribution in [0.4, 0.5) is 22.0 Å². The van der Waals surface area contributed by atoms with Gasteiger partial charge in [0, 0.05) is 43.5 Å². The molecule has 0 radical (unpaired) electrons. The van der Waals surface area contributed by atoms with Crippen LogP contribution in [0.1, 0.15) is 0 Å². The third-order valence-electron chi connectivity index (χ3n) is 5.57. The highest BCUT2D eigenvalue weighted by atomic mass is 16.5. The van der Waals surface area contributed by atoms with Crippen LogP contribution in [0.25, 0.3) is 11.3 Å². The third-order valence-corrected chi connectivity index (χ3v) is 5.57. The summed E-state index contributed by atoms with van der Waals surface area (Å²) in [5.74, 6) is 2.06. The van der Waals surface area contributed by atoms with Crippen LogP contribution >= 0.6 is 0 Å². The number of carbonyl (C=O) groups is 1. The van der Waals surface area contributed by atoms with Gasteiger partial charge in [-0.2, -0.15) is 0 Å². The normalized spacial score (nSPS) is 14.0. The summed E-state index contributed by atoms with van der Waals surface area (Å²) < 4.78 is 10.5. The summed E-state index contributed by atoms with van der Waals surface area (Å²) in [5.41, 5.74) is 2.87. The molecule has 1 fully saturated rings. The molecule has 0 spiro atoms. The molecule has 3 aromatic rings. The molecule has 0 bridgehead atoms. The van der Waals surface area contributed by atoms with Crippen LogP contribution in [-0.4, -0.2) is 68.6 Å². The molecule has 9 nitrogen and oxygen atoms in total. The second-order valence-corrected chi connectivity index (χ2v) is 7.79. The zero-order valence-corrected chi connectivity index (χ0v) is 19.0. The number of amides is 2. The fourth-order valence-electron chi connectivity index (χ4n) is 3.60. The van der Waals surface area contributed by atoms with E-state index >= 15 is 0 Å². The van der Waals surface area contributed by atoms with Gasteiger partial charge in [-0.25, -0.2) is 4.79 Å². The maximum Gasteiger partial charge on any atom is 0.323 e. The van der Waals surface area contributed by atoms with Gasteiger partial charge in [-0.05, 0) is 43.4 Å². The number of carbonyl (C=O) groups excluding carboxylic acids is 1. The Balaban J connectivity index is 1.38. The van der Waals surface area contributed by atoms with Crippen molar-refractivity contribution < 1.29 is 14.3 Å². The molecule has 2 N–H and O–H groups in total. The zero-order chi connectivity index (χ0) is 23.2. The van der Waals surface area contributed by atoms with Crippen LogP contribution < -0.4 is 25.0 Å². The predicted octanol–water partition coefficient (Wildman–Crippen LogP) is 3.56. The Kier molecular flexibility index (Phi) is 6.89. The van der Waals surface area contributed by atoms with Crippen LogP contribution in [0.2, 0.25) is 0 Å². The summed E-state index contributed by atoms with van der Waals surface area (Å²) in [6.07, 6.45) is 0. The molecule has 33 heavy (non-hydrogen) atoms. The lowest BCUT2D eigenvalue weighted by Gasteiger charge is -2.32. The highest BCUT2D eigenvalue weighted by Gasteiger charge is 2.16. The molecule has 1 aliphatic rings. The molecule has 0 unspecified atom stereocenters. The number of piperazine rings is 1. The van der Waals surface area contributed by atoms with E-state index in [1.807, 2.05) is 36.4 Å². The number of hydrogen-bond donors (Lipinski definition) is 2. The van der Waals surface area contributed by atoms with E-state index in [-0.39, 0.29) is 6.03 Å². The van der Waals surface area contributed by atoms with Gasteiger partial charge >= 0.3 is 6.03 Å². The van der Waals surface area contributed by atoms with Crippen molar-refractivity contribution in [1.29, 1.82) is 0 Å². The summed E-state index contributed by atoms with van der Waals surface area (Å²) >= 11 is 0. The highest BCUT2D eigenvalue weighted by Crippen LogP contribution is 2.29. The molecule has 9 heteroatoms. The van der Waals surface area contributed by atoms with Crippen LogP contribution in [-0.2, 0) is 0 Å². The van der Waals surface area contributed by atoms with Gasteiger partial charge in [-0.15, -0.1) is 10.2 Å². The smallest absolute Gasteiger partial charge is 0.323 e. The van der Waals surface area contributed by atoms with Gasteiger partial charge in [-0.1, -0.05) is 12.1 Å². The van der Waals surface area contributed by atoms with E-state index in [1.54, 1.807) is 32.4 Å². The molecule has 2 amide bonds. The first-order valence-corrected chi connectivity index (χ1v) is 10.7. The lowest BCUT2D eigenvalue weighted by molar-refractivity contribution is 0.262. The minimum absolute atomic E-state index is 0.384. The largest absolute Gasteiger partial charge is 0.497 e. The van der Waals surface area contributed by atoms with Crippen molar-refractivity contribution in [1.82, 2.24) is 15.1 Å². The molecule has 1 saturated heterocycles. The molecule has 1 aliphatic heterocycles. The Hall–Kier alpha value is -3.85. The lowest BCUT2D eigenvalue weighted by atomic mass is 10.1. The predicted molar refractivity (Wildman–Crippen MR) is 129 cm³/mol. The van der Waals surface area contributed by atoms with Gasteiger partial charge in [0.15, 0.2) is 5.82 Å². The number of nitrogens with one attached hydrogen (secondary N) is 2. The van der Waals surface area contributed by atoms with E-state index in [0.29, 0.717) is 22.9 Å². The van der Waals surface area contributed by atoms with E-state index < -0.39 is 0 Å². The number of ether oxygens (including phenoxy) is 2. The number of anilines is 3. The van der Waals surface area contributed by atoms with Crippen LogP contribution in [0, 0.1) is 0 Å².